The van der Waals surface area contributed by atoms with E-state index >= 15 is 0 Å². The molecule has 0 aromatic carbocycles. The van der Waals surface area contributed by atoms with E-state index in [1.165, 1.54) is 57.9 Å². The molecule has 1 aliphatic rings. The van der Waals surface area contributed by atoms with Crippen LogP contribution in [0.1, 0.15) is 72.1 Å². The van der Waals surface area contributed by atoms with Crippen molar-refractivity contribution < 1.29 is 0 Å². The molecule has 1 rings (SSSR count). The molecule has 0 heterocycles. The van der Waals surface area contributed by atoms with Gasteiger partial charge in [-0.2, -0.15) is 0 Å². The molecule has 108 valence electrons. The lowest BCUT2D eigenvalue weighted by Crippen LogP contribution is -2.32. The van der Waals surface area contributed by atoms with E-state index in [4.69, 9.17) is 0 Å². The van der Waals surface area contributed by atoms with E-state index in [-0.39, 0.29) is 0 Å². The summed E-state index contributed by atoms with van der Waals surface area (Å²) in [6.45, 7) is 8.29. The van der Waals surface area contributed by atoms with Crippen LogP contribution in [0.3, 0.4) is 0 Å². The zero-order chi connectivity index (χ0) is 13.4. The molecular weight excluding hydrogens is 218 g/mol. The molecule has 0 saturated heterocycles. The standard InChI is InChI=1S/C17H35N/c1-5-7-15-10-11-17(13-18-4)16(12-15)9-6-8-14(2)3/h14-18H,5-13H2,1-4H3. The molecule has 0 aromatic heterocycles. The van der Waals surface area contributed by atoms with E-state index in [2.05, 4.69) is 33.1 Å². The minimum atomic E-state index is 0.878. The number of hydrogen-bond acceptors (Lipinski definition) is 1. The summed E-state index contributed by atoms with van der Waals surface area (Å²) in [5.41, 5.74) is 0. The quantitative estimate of drug-likeness (QED) is 0.651. The van der Waals surface area contributed by atoms with Crippen molar-refractivity contribution in [3.63, 3.8) is 0 Å². The molecule has 3 atom stereocenters. The molecule has 0 amide bonds. The second kappa shape index (κ2) is 8.96. The summed E-state index contributed by atoms with van der Waals surface area (Å²) < 4.78 is 0. The normalized spacial score (nSPS) is 28.8. The molecule has 1 aliphatic carbocycles. The lowest BCUT2D eigenvalue weighted by molar-refractivity contribution is 0.157. The third kappa shape index (κ3) is 5.73. The lowest BCUT2D eigenvalue weighted by atomic mass is 9.71. The highest BCUT2D eigenvalue weighted by Gasteiger charge is 2.29. The van der Waals surface area contributed by atoms with Gasteiger partial charge in [-0.05, 0) is 50.1 Å². The van der Waals surface area contributed by atoms with Crippen molar-refractivity contribution in [2.45, 2.75) is 72.1 Å². The van der Waals surface area contributed by atoms with Crippen molar-refractivity contribution in [3.05, 3.63) is 0 Å². The van der Waals surface area contributed by atoms with Crippen molar-refractivity contribution >= 4 is 0 Å². The maximum Gasteiger partial charge on any atom is -0.00209 e. The van der Waals surface area contributed by atoms with Crippen molar-refractivity contribution in [2.24, 2.45) is 23.7 Å². The van der Waals surface area contributed by atoms with Gasteiger partial charge >= 0.3 is 0 Å². The van der Waals surface area contributed by atoms with E-state index in [1.807, 2.05) is 0 Å². The van der Waals surface area contributed by atoms with Gasteiger partial charge in [-0.1, -0.05) is 59.3 Å². The molecule has 1 fully saturated rings. The Labute approximate surface area is 115 Å². The van der Waals surface area contributed by atoms with Crippen LogP contribution in [0.2, 0.25) is 0 Å². The predicted molar refractivity (Wildman–Crippen MR) is 81.8 cm³/mol. The average molecular weight is 253 g/mol. The van der Waals surface area contributed by atoms with Crippen LogP contribution in [0.25, 0.3) is 0 Å². The summed E-state index contributed by atoms with van der Waals surface area (Å²) in [4.78, 5) is 0. The summed E-state index contributed by atoms with van der Waals surface area (Å²) >= 11 is 0. The Bertz CT molecular complexity index is 200. The van der Waals surface area contributed by atoms with Gasteiger partial charge < -0.3 is 5.32 Å². The Balaban J connectivity index is 2.38. The molecule has 0 aromatic rings. The predicted octanol–water partition coefficient (Wildman–Crippen LogP) is 4.86. The van der Waals surface area contributed by atoms with Gasteiger partial charge in [-0.25, -0.2) is 0 Å². The van der Waals surface area contributed by atoms with Gasteiger partial charge in [0.05, 0.1) is 0 Å². The smallest absolute Gasteiger partial charge is 0.00209 e. The lowest BCUT2D eigenvalue weighted by Gasteiger charge is -2.36. The first kappa shape index (κ1) is 16.0. The Kier molecular flexibility index (Phi) is 7.97. The first-order valence-electron chi connectivity index (χ1n) is 8.31. The number of nitrogens with one attached hydrogen (secondary N) is 1. The molecular formula is C17H35N. The maximum absolute atomic E-state index is 3.41. The Morgan fingerprint density at radius 3 is 2.50 bits per heavy atom. The Hall–Kier alpha value is -0.0400. The van der Waals surface area contributed by atoms with E-state index in [1.54, 1.807) is 0 Å². The SMILES string of the molecule is CCCC1CCC(CNC)C(CCCC(C)C)C1. The number of hydrogen-bond donors (Lipinski definition) is 1. The van der Waals surface area contributed by atoms with E-state index in [9.17, 15) is 0 Å². The van der Waals surface area contributed by atoms with Crippen molar-refractivity contribution in [2.75, 3.05) is 13.6 Å². The van der Waals surface area contributed by atoms with Gasteiger partial charge in [0.1, 0.15) is 0 Å². The molecule has 1 heteroatoms. The van der Waals surface area contributed by atoms with Crippen LogP contribution in [0.4, 0.5) is 0 Å². The first-order chi connectivity index (χ1) is 8.67. The fourth-order valence-corrected chi connectivity index (χ4v) is 3.77. The third-order valence-corrected chi connectivity index (χ3v) is 4.77. The van der Waals surface area contributed by atoms with Gasteiger partial charge in [0.2, 0.25) is 0 Å². The summed E-state index contributed by atoms with van der Waals surface area (Å²) in [7, 11) is 2.11. The molecule has 1 saturated carbocycles. The van der Waals surface area contributed by atoms with E-state index in [0.29, 0.717) is 0 Å². The zero-order valence-corrected chi connectivity index (χ0v) is 13.2. The molecule has 1 nitrogen and oxygen atoms in total. The second-order valence-electron chi connectivity index (χ2n) is 6.87. The summed E-state index contributed by atoms with van der Waals surface area (Å²) in [5.74, 6) is 3.87. The monoisotopic (exact) mass is 253 g/mol. The van der Waals surface area contributed by atoms with Gasteiger partial charge in [-0.3, -0.25) is 0 Å². The molecule has 3 unspecified atom stereocenters. The van der Waals surface area contributed by atoms with Crippen LogP contribution in [0, 0.1) is 23.7 Å². The van der Waals surface area contributed by atoms with Gasteiger partial charge in [-0.15, -0.1) is 0 Å². The largest absolute Gasteiger partial charge is 0.319 e. The van der Waals surface area contributed by atoms with Gasteiger partial charge in [0.15, 0.2) is 0 Å². The van der Waals surface area contributed by atoms with Crippen molar-refractivity contribution in [3.8, 4) is 0 Å². The zero-order valence-electron chi connectivity index (χ0n) is 13.2. The third-order valence-electron chi connectivity index (χ3n) is 4.77. The first-order valence-corrected chi connectivity index (χ1v) is 8.31. The van der Waals surface area contributed by atoms with Crippen LogP contribution >= 0.6 is 0 Å². The molecule has 18 heavy (non-hydrogen) atoms. The molecule has 0 bridgehead atoms. The van der Waals surface area contributed by atoms with E-state index in [0.717, 1.165) is 23.7 Å². The highest BCUT2D eigenvalue weighted by Crippen LogP contribution is 2.38. The number of rotatable bonds is 8. The minimum Gasteiger partial charge on any atom is -0.319 e. The van der Waals surface area contributed by atoms with Crippen LogP contribution in [-0.4, -0.2) is 13.6 Å². The topological polar surface area (TPSA) is 12.0 Å². The molecule has 0 aliphatic heterocycles. The molecule has 1 N–H and O–H groups in total. The van der Waals surface area contributed by atoms with Crippen molar-refractivity contribution in [1.82, 2.24) is 5.32 Å². The Morgan fingerprint density at radius 2 is 1.89 bits per heavy atom. The summed E-state index contributed by atoms with van der Waals surface area (Å²) in [5, 5.41) is 3.41. The highest BCUT2D eigenvalue weighted by molar-refractivity contribution is 4.81. The maximum atomic E-state index is 3.41. The fourth-order valence-electron chi connectivity index (χ4n) is 3.77. The molecule has 0 radical (unpaired) electrons. The fraction of sp³-hybridized carbons (Fsp3) is 1.00. The van der Waals surface area contributed by atoms with Crippen LogP contribution in [0.15, 0.2) is 0 Å². The summed E-state index contributed by atoms with van der Waals surface area (Å²) in [6, 6.07) is 0. The molecule has 0 spiro atoms. The van der Waals surface area contributed by atoms with Crippen LogP contribution in [-0.2, 0) is 0 Å². The highest BCUT2D eigenvalue weighted by atomic mass is 14.8. The second-order valence-corrected chi connectivity index (χ2v) is 6.87. The summed E-state index contributed by atoms with van der Waals surface area (Å²) in [6.07, 6.45) is 11.7. The average Bonchev–Trinajstić information content (AvgIpc) is 2.32. The van der Waals surface area contributed by atoms with E-state index < -0.39 is 0 Å². The van der Waals surface area contributed by atoms with Gasteiger partial charge in [0, 0.05) is 0 Å². The van der Waals surface area contributed by atoms with Crippen LogP contribution in [0.5, 0.6) is 0 Å². The van der Waals surface area contributed by atoms with Crippen molar-refractivity contribution in [1.29, 1.82) is 0 Å². The van der Waals surface area contributed by atoms with Gasteiger partial charge in [0.25, 0.3) is 0 Å². The van der Waals surface area contributed by atoms with Crippen LogP contribution < -0.4 is 5.32 Å². The Morgan fingerprint density at radius 1 is 1.11 bits per heavy atom. The minimum absolute atomic E-state index is 0.878.